The minimum atomic E-state index is -3.08. The second kappa shape index (κ2) is 4.57. The first-order valence-corrected chi connectivity index (χ1v) is 6.91. The first kappa shape index (κ1) is 15.2. The third kappa shape index (κ3) is 5.14. The van der Waals surface area contributed by atoms with Crippen LogP contribution in [0.25, 0.3) is 0 Å². The lowest BCUT2D eigenvalue weighted by Crippen LogP contribution is -2.28. The molecule has 0 aromatic rings. The fourth-order valence-electron chi connectivity index (χ4n) is 0.955. The van der Waals surface area contributed by atoms with E-state index in [9.17, 15) is 4.57 Å². The van der Waals surface area contributed by atoms with Gasteiger partial charge in [0.1, 0.15) is 0 Å². The van der Waals surface area contributed by atoms with Crippen molar-refractivity contribution in [1.29, 1.82) is 0 Å². The molecular weight excluding hydrogens is 211 g/mol. The van der Waals surface area contributed by atoms with Gasteiger partial charge in [-0.25, -0.2) is 0 Å². The molecule has 0 heterocycles. The average Bonchev–Trinajstić information content (AvgIpc) is 1.75. The standard InChI is InChI=1S/C11H25O3P/c1-9(2)13-15(12,11(6,7)8)14-10(3,4)5/h9H,1-8H3. The summed E-state index contributed by atoms with van der Waals surface area (Å²) in [5.41, 5.74) is -0.461. The Kier molecular flexibility index (Phi) is 4.61. The molecule has 0 aromatic carbocycles. The van der Waals surface area contributed by atoms with Gasteiger partial charge in [-0.2, -0.15) is 0 Å². The summed E-state index contributed by atoms with van der Waals surface area (Å²) in [4.78, 5) is 0. The molecule has 0 radical (unpaired) electrons. The lowest BCUT2D eigenvalue weighted by Gasteiger charge is -2.36. The van der Waals surface area contributed by atoms with Gasteiger partial charge in [0.25, 0.3) is 0 Å². The Bertz CT molecular complexity index is 246. The van der Waals surface area contributed by atoms with E-state index in [1.54, 1.807) is 0 Å². The highest BCUT2D eigenvalue weighted by Crippen LogP contribution is 2.62. The summed E-state index contributed by atoms with van der Waals surface area (Å²) in [6, 6.07) is 0. The van der Waals surface area contributed by atoms with Crippen molar-refractivity contribution in [3.05, 3.63) is 0 Å². The zero-order valence-electron chi connectivity index (χ0n) is 11.2. The zero-order chi connectivity index (χ0) is 12.5. The zero-order valence-corrected chi connectivity index (χ0v) is 12.1. The minimum absolute atomic E-state index is 0.0996. The Morgan fingerprint density at radius 1 is 1.00 bits per heavy atom. The van der Waals surface area contributed by atoms with Crippen LogP contribution in [0.1, 0.15) is 55.4 Å². The van der Waals surface area contributed by atoms with E-state index >= 15 is 0 Å². The van der Waals surface area contributed by atoms with E-state index in [2.05, 4.69) is 0 Å². The van der Waals surface area contributed by atoms with Crippen LogP contribution in [0.5, 0.6) is 0 Å². The molecule has 0 spiro atoms. The highest BCUT2D eigenvalue weighted by atomic mass is 31.2. The predicted molar refractivity (Wildman–Crippen MR) is 64.4 cm³/mol. The molecule has 0 aromatic heterocycles. The van der Waals surface area contributed by atoms with Crippen LogP contribution in [0, 0.1) is 0 Å². The van der Waals surface area contributed by atoms with Crippen LogP contribution < -0.4 is 0 Å². The Morgan fingerprint density at radius 2 is 1.40 bits per heavy atom. The van der Waals surface area contributed by atoms with Gasteiger partial charge in [-0.1, -0.05) is 0 Å². The maximum absolute atomic E-state index is 12.6. The molecule has 0 amide bonds. The van der Waals surface area contributed by atoms with Crippen molar-refractivity contribution < 1.29 is 13.6 Å². The third-order valence-electron chi connectivity index (χ3n) is 1.57. The first-order chi connectivity index (χ1) is 6.37. The van der Waals surface area contributed by atoms with Crippen molar-refractivity contribution in [3.8, 4) is 0 Å². The van der Waals surface area contributed by atoms with Crippen LogP contribution in [-0.2, 0) is 13.6 Å². The molecule has 0 rings (SSSR count). The molecule has 0 saturated carbocycles. The van der Waals surface area contributed by atoms with Crippen molar-refractivity contribution >= 4 is 7.60 Å². The molecule has 3 nitrogen and oxygen atoms in total. The van der Waals surface area contributed by atoms with E-state index in [1.807, 2.05) is 55.4 Å². The largest absolute Gasteiger partial charge is 0.336 e. The van der Waals surface area contributed by atoms with Gasteiger partial charge in [-0.05, 0) is 55.4 Å². The van der Waals surface area contributed by atoms with Crippen LogP contribution in [0.3, 0.4) is 0 Å². The summed E-state index contributed by atoms with van der Waals surface area (Å²) in [7, 11) is -3.08. The van der Waals surface area contributed by atoms with Crippen molar-refractivity contribution in [1.82, 2.24) is 0 Å². The van der Waals surface area contributed by atoms with Gasteiger partial charge in [-0.3, -0.25) is 4.57 Å². The third-order valence-corrected chi connectivity index (χ3v) is 4.70. The van der Waals surface area contributed by atoms with E-state index in [0.29, 0.717) is 0 Å². The Balaban J connectivity index is 4.98. The molecule has 0 aliphatic carbocycles. The predicted octanol–water partition coefficient (Wildman–Crippen LogP) is 4.22. The molecule has 1 unspecified atom stereocenters. The van der Waals surface area contributed by atoms with Gasteiger partial charge in [0.05, 0.1) is 16.9 Å². The molecule has 0 bridgehead atoms. The highest BCUT2D eigenvalue weighted by Gasteiger charge is 2.43. The highest BCUT2D eigenvalue weighted by molar-refractivity contribution is 7.55. The van der Waals surface area contributed by atoms with E-state index in [4.69, 9.17) is 9.05 Å². The average molecular weight is 236 g/mol. The molecule has 0 N–H and O–H groups in total. The van der Waals surface area contributed by atoms with Crippen LogP contribution in [0.15, 0.2) is 0 Å². The number of hydrogen-bond acceptors (Lipinski definition) is 3. The molecule has 4 heteroatoms. The topological polar surface area (TPSA) is 35.5 Å². The Labute approximate surface area is 94.1 Å². The Morgan fingerprint density at radius 3 is 1.60 bits per heavy atom. The van der Waals surface area contributed by atoms with Gasteiger partial charge < -0.3 is 9.05 Å². The summed E-state index contributed by atoms with van der Waals surface area (Å²) in [5, 5.41) is -0.495. The lowest BCUT2D eigenvalue weighted by atomic mass is 10.2. The maximum atomic E-state index is 12.6. The number of rotatable bonds is 3. The van der Waals surface area contributed by atoms with Gasteiger partial charge in [0.15, 0.2) is 0 Å². The second-order valence-corrected chi connectivity index (χ2v) is 8.76. The number of hydrogen-bond donors (Lipinski definition) is 0. The van der Waals surface area contributed by atoms with Crippen molar-refractivity contribution in [2.75, 3.05) is 0 Å². The maximum Gasteiger partial charge on any atom is 0.336 e. The summed E-state index contributed by atoms with van der Waals surface area (Å²) in [5.74, 6) is 0. The monoisotopic (exact) mass is 236 g/mol. The summed E-state index contributed by atoms with van der Waals surface area (Å²) >= 11 is 0. The normalized spacial score (nSPS) is 17.9. The van der Waals surface area contributed by atoms with Crippen LogP contribution >= 0.6 is 7.60 Å². The molecule has 0 aliphatic heterocycles. The van der Waals surface area contributed by atoms with E-state index in [1.165, 1.54) is 0 Å². The fraction of sp³-hybridized carbons (Fsp3) is 1.00. The summed E-state index contributed by atoms with van der Waals surface area (Å²) in [6.45, 7) is 15.0. The molecule has 0 aliphatic rings. The van der Waals surface area contributed by atoms with Gasteiger partial charge in [-0.15, -0.1) is 0 Å². The SMILES string of the molecule is CC(C)OP(=O)(OC(C)(C)C)C(C)(C)C. The summed E-state index contributed by atoms with van der Waals surface area (Å²) < 4.78 is 23.8. The molecule has 15 heavy (non-hydrogen) atoms. The van der Waals surface area contributed by atoms with E-state index < -0.39 is 18.4 Å². The quantitative estimate of drug-likeness (QED) is 0.688. The van der Waals surface area contributed by atoms with Gasteiger partial charge in [0, 0.05) is 0 Å². The Hall–Kier alpha value is 0.150. The van der Waals surface area contributed by atoms with Crippen molar-refractivity contribution in [2.24, 2.45) is 0 Å². The van der Waals surface area contributed by atoms with Crippen molar-refractivity contribution in [3.63, 3.8) is 0 Å². The minimum Gasteiger partial charge on any atom is -0.305 e. The first-order valence-electron chi connectivity index (χ1n) is 5.37. The fourth-order valence-corrected chi connectivity index (χ4v) is 2.86. The molecule has 1 atom stereocenters. The molecule has 0 fully saturated rings. The van der Waals surface area contributed by atoms with Gasteiger partial charge >= 0.3 is 7.60 Å². The van der Waals surface area contributed by atoms with Crippen LogP contribution in [-0.4, -0.2) is 16.9 Å². The molecular formula is C11H25O3P. The van der Waals surface area contributed by atoms with Gasteiger partial charge in [0.2, 0.25) is 0 Å². The smallest absolute Gasteiger partial charge is 0.305 e. The van der Waals surface area contributed by atoms with Crippen LogP contribution in [0.2, 0.25) is 0 Å². The molecule has 0 saturated heterocycles. The van der Waals surface area contributed by atoms with E-state index in [-0.39, 0.29) is 6.10 Å². The van der Waals surface area contributed by atoms with E-state index in [0.717, 1.165) is 0 Å². The van der Waals surface area contributed by atoms with Crippen molar-refractivity contribution in [2.45, 2.75) is 72.3 Å². The molecule has 92 valence electrons. The van der Waals surface area contributed by atoms with Crippen LogP contribution in [0.4, 0.5) is 0 Å². The summed E-state index contributed by atoms with van der Waals surface area (Å²) in [6.07, 6.45) is -0.0996. The second-order valence-electron chi connectivity index (χ2n) is 6.03. The lowest BCUT2D eigenvalue weighted by molar-refractivity contribution is 0.0734.